The highest BCUT2D eigenvalue weighted by Gasteiger charge is 2.28. The van der Waals surface area contributed by atoms with Gasteiger partial charge in [0, 0.05) is 12.3 Å². The summed E-state index contributed by atoms with van der Waals surface area (Å²) in [7, 11) is 0. The standard InChI is InChI=1S/C8H14N4O3S/c9-7(14)10-2-4-16-3-1-5-6(13)12-8(15)11-5/h5H,1-4H2,(H3,9,10,14)(H2,11,12,13,15). The Morgan fingerprint density at radius 3 is 2.75 bits per heavy atom. The fourth-order valence-corrected chi connectivity index (χ4v) is 2.06. The Kier molecular flexibility index (Phi) is 4.90. The molecule has 8 heteroatoms. The highest BCUT2D eigenvalue weighted by molar-refractivity contribution is 7.99. The summed E-state index contributed by atoms with van der Waals surface area (Å²) in [6.07, 6.45) is 0.582. The number of primary amides is 1. The molecule has 1 rings (SSSR count). The van der Waals surface area contributed by atoms with Crippen LogP contribution >= 0.6 is 11.8 Å². The third kappa shape index (κ3) is 4.39. The van der Waals surface area contributed by atoms with Gasteiger partial charge in [-0.05, 0) is 12.2 Å². The largest absolute Gasteiger partial charge is 0.352 e. The average Bonchev–Trinajstić information content (AvgIpc) is 2.50. The molecule has 0 bridgehead atoms. The van der Waals surface area contributed by atoms with Crippen molar-refractivity contribution in [2.75, 3.05) is 18.1 Å². The molecule has 0 spiro atoms. The Bertz CT molecular complexity index is 297. The second-order valence-electron chi connectivity index (χ2n) is 3.21. The van der Waals surface area contributed by atoms with E-state index >= 15 is 0 Å². The maximum Gasteiger partial charge on any atom is 0.322 e. The van der Waals surface area contributed by atoms with Crippen LogP contribution < -0.4 is 21.7 Å². The molecular formula is C8H14N4O3S. The third-order valence-corrected chi connectivity index (χ3v) is 2.97. The maximum absolute atomic E-state index is 11.1. The maximum atomic E-state index is 11.1. The van der Waals surface area contributed by atoms with Gasteiger partial charge in [-0.15, -0.1) is 0 Å². The molecule has 1 aliphatic heterocycles. The normalized spacial score (nSPS) is 19.1. The molecule has 16 heavy (non-hydrogen) atoms. The van der Waals surface area contributed by atoms with Gasteiger partial charge in [0.05, 0.1) is 0 Å². The monoisotopic (exact) mass is 246 g/mol. The minimum Gasteiger partial charge on any atom is -0.352 e. The molecule has 0 aliphatic carbocycles. The van der Waals surface area contributed by atoms with Crippen LogP contribution in [0.15, 0.2) is 0 Å². The first-order valence-corrected chi connectivity index (χ1v) is 5.97. The lowest BCUT2D eigenvalue weighted by Crippen LogP contribution is -2.31. The van der Waals surface area contributed by atoms with E-state index < -0.39 is 18.1 Å². The summed E-state index contributed by atoms with van der Waals surface area (Å²) in [5, 5.41) is 7.13. The number of amides is 5. The number of rotatable bonds is 6. The summed E-state index contributed by atoms with van der Waals surface area (Å²) in [5.41, 5.74) is 4.88. The molecule has 7 nitrogen and oxygen atoms in total. The molecular weight excluding hydrogens is 232 g/mol. The van der Waals surface area contributed by atoms with E-state index in [0.29, 0.717) is 13.0 Å². The molecule has 5 amide bonds. The molecule has 0 saturated carbocycles. The molecule has 1 saturated heterocycles. The van der Waals surface area contributed by atoms with Gasteiger partial charge in [0.15, 0.2) is 0 Å². The highest BCUT2D eigenvalue weighted by Crippen LogP contribution is 2.06. The zero-order valence-corrected chi connectivity index (χ0v) is 9.43. The number of urea groups is 2. The van der Waals surface area contributed by atoms with Gasteiger partial charge in [-0.25, -0.2) is 9.59 Å². The first-order valence-electron chi connectivity index (χ1n) is 4.82. The van der Waals surface area contributed by atoms with E-state index in [4.69, 9.17) is 5.73 Å². The number of hydrogen-bond donors (Lipinski definition) is 4. The summed E-state index contributed by atoms with van der Waals surface area (Å²) >= 11 is 1.58. The van der Waals surface area contributed by atoms with E-state index in [1.54, 1.807) is 11.8 Å². The van der Waals surface area contributed by atoms with Gasteiger partial charge in [-0.3, -0.25) is 10.1 Å². The molecule has 5 N–H and O–H groups in total. The van der Waals surface area contributed by atoms with E-state index in [1.165, 1.54) is 0 Å². The van der Waals surface area contributed by atoms with Gasteiger partial charge in [-0.1, -0.05) is 0 Å². The van der Waals surface area contributed by atoms with Crippen molar-refractivity contribution in [2.45, 2.75) is 12.5 Å². The Labute approximate surface area is 96.9 Å². The third-order valence-electron chi connectivity index (χ3n) is 1.96. The number of hydrogen-bond acceptors (Lipinski definition) is 4. The van der Waals surface area contributed by atoms with Gasteiger partial charge in [0.1, 0.15) is 6.04 Å². The quantitative estimate of drug-likeness (QED) is 0.355. The Morgan fingerprint density at radius 1 is 1.44 bits per heavy atom. The first-order chi connectivity index (χ1) is 7.59. The van der Waals surface area contributed by atoms with Crippen molar-refractivity contribution in [1.82, 2.24) is 16.0 Å². The van der Waals surface area contributed by atoms with Crippen molar-refractivity contribution in [3.05, 3.63) is 0 Å². The number of nitrogens with one attached hydrogen (secondary N) is 3. The molecule has 1 atom stereocenters. The summed E-state index contributed by atoms with van der Waals surface area (Å²) < 4.78 is 0. The lowest BCUT2D eigenvalue weighted by Gasteiger charge is -2.06. The van der Waals surface area contributed by atoms with Gasteiger partial charge < -0.3 is 16.4 Å². The minimum atomic E-state index is -0.539. The molecule has 90 valence electrons. The van der Waals surface area contributed by atoms with Gasteiger partial charge >= 0.3 is 12.1 Å². The van der Waals surface area contributed by atoms with E-state index in [-0.39, 0.29) is 5.91 Å². The van der Waals surface area contributed by atoms with Gasteiger partial charge in [0.25, 0.3) is 5.91 Å². The minimum absolute atomic E-state index is 0.277. The molecule has 0 aromatic rings. The number of imide groups is 1. The molecule has 1 heterocycles. The number of thioether (sulfide) groups is 1. The van der Waals surface area contributed by atoms with Crippen LogP contribution in [0.3, 0.4) is 0 Å². The zero-order valence-electron chi connectivity index (χ0n) is 8.62. The molecule has 1 unspecified atom stereocenters. The SMILES string of the molecule is NC(=O)NCCSCCC1NC(=O)NC1=O. The van der Waals surface area contributed by atoms with Crippen molar-refractivity contribution in [2.24, 2.45) is 5.73 Å². The fourth-order valence-electron chi connectivity index (χ4n) is 1.21. The highest BCUT2D eigenvalue weighted by atomic mass is 32.2. The number of carbonyl (C=O) groups is 3. The van der Waals surface area contributed by atoms with Crippen molar-refractivity contribution in [3.63, 3.8) is 0 Å². The van der Waals surface area contributed by atoms with Crippen LogP contribution in [0.5, 0.6) is 0 Å². The van der Waals surface area contributed by atoms with Crippen LogP contribution in [0.4, 0.5) is 9.59 Å². The van der Waals surface area contributed by atoms with Gasteiger partial charge in [0.2, 0.25) is 0 Å². The topological polar surface area (TPSA) is 113 Å². The van der Waals surface area contributed by atoms with Crippen LogP contribution in [0, 0.1) is 0 Å². The molecule has 0 aromatic heterocycles. The van der Waals surface area contributed by atoms with Crippen molar-refractivity contribution in [1.29, 1.82) is 0 Å². The lowest BCUT2D eigenvalue weighted by atomic mass is 10.2. The van der Waals surface area contributed by atoms with E-state index in [2.05, 4.69) is 16.0 Å². The molecule has 1 fully saturated rings. The van der Waals surface area contributed by atoms with Gasteiger partial charge in [-0.2, -0.15) is 11.8 Å². The predicted molar refractivity (Wildman–Crippen MR) is 60.0 cm³/mol. The van der Waals surface area contributed by atoms with Crippen molar-refractivity contribution in [3.8, 4) is 0 Å². The predicted octanol–water partition coefficient (Wildman–Crippen LogP) is -1.01. The Hall–Kier alpha value is -1.44. The smallest absolute Gasteiger partial charge is 0.322 e. The van der Waals surface area contributed by atoms with Crippen LogP contribution in [0.2, 0.25) is 0 Å². The molecule has 0 radical (unpaired) electrons. The van der Waals surface area contributed by atoms with E-state index in [1.807, 2.05) is 0 Å². The van der Waals surface area contributed by atoms with E-state index in [0.717, 1.165) is 11.5 Å². The van der Waals surface area contributed by atoms with Crippen molar-refractivity contribution >= 4 is 29.7 Å². The average molecular weight is 246 g/mol. The molecule has 0 aromatic carbocycles. The summed E-state index contributed by atoms with van der Waals surface area (Å²) in [4.78, 5) is 32.2. The Morgan fingerprint density at radius 2 is 2.19 bits per heavy atom. The number of carbonyl (C=O) groups excluding carboxylic acids is 3. The molecule has 1 aliphatic rings. The van der Waals surface area contributed by atoms with E-state index in [9.17, 15) is 14.4 Å². The second kappa shape index (κ2) is 6.21. The summed E-state index contributed by atoms with van der Waals surface area (Å²) in [6.45, 7) is 0.503. The fraction of sp³-hybridized carbons (Fsp3) is 0.625. The van der Waals surface area contributed by atoms with Crippen LogP contribution in [-0.2, 0) is 4.79 Å². The Balaban J connectivity index is 2.01. The lowest BCUT2D eigenvalue weighted by molar-refractivity contribution is -0.120. The summed E-state index contributed by atoms with van der Waals surface area (Å²) in [5.74, 6) is 1.19. The number of nitrogens with two attached hydrogens (primary N) is 1. The summed E-state index contributed by atoms with van der Waals surface area (Å²) in [6, 6.07) is -1.40. The first kappa shape index (κ1) is 12.6. The second-order valence-corrected chi connectivity index (χ2v) is 4.43. The van der Waals surface area contributed by atoms with Crippen LogP contribution in [-0.4, -0.2) is 42.1 Å². The van der Waals surface area contributed by atoms with Crippen LogP contribution in [0.25, 0.3) is 0 Å². The van der Waals surface area contributed by atoms with Crippen molar-refractivity contribution < 1.29 is 14.4 Å². The van der Waals surface area contributed by atoms with Crippen LogP contribution in [0.1, 0.15) is 6.42 Å². The zero-order chi connectivity index (χ0) is 12.0.